The van der Waals surface area contributed by atoms with Gasteiger partial charge in [0.15, 0.2) is 5.82 Å². The lowest BCUT2D eigenvalue weighted by molar-refractivity contribution is 0.337. The number of benzene rings is 1. The summed E-state index contributed by atoms with van der Waals surface area (Å²) in [7, 11) is 0. The van der Waals surface area contributed by atoms with E-state index in [1.165, 1.54) is 11.2 Å². The summed E-state index contributed by atoms with van der Waals surface area (Å²) in [6.45, 7) is 5.63. The maximum absolute atomic E-state index is 9.52. The minimum Gasteiger partial charge on any atom is -0.492 e. The Labute approximate surface area is 142 Å². The first-order valence-corrected chi connectivity index (χ1v) is 8.64. The van der Waals surface area contributed by atoms with E-state index >= 15 is 0 Å². The number of nitriles is 1. The number of rotatable bonds is 5. The van der Waals surface area contributed by atoms with Gasteiger partial charge in [-0.25, -0.2) is 0 Å². The van der Waals surface area contributed by atoms with Crippen LogP contribution in [0.25, 0.3) is 5.69 Å². The molecule has 1 fully saturated rings. The van der Waals surface area contributed by atoms with Gasteiger partial charge in [-0.15, -0.1) is 15.0 Å². The molecule has 0 amide bonds. The summed E-state index contributed by atoms with van der Waals surface area (Å²) in [5.74, 6) is 1.41. The molecule has 1 aliphatic rings. The number of ether oxygens (including phenoxy) is 1. The highest BCUT2D eigenvalue weighted by molar-refractivity contribution is 5.53. The third kappa shape index (κ3) is 3.07. The molecule has 1 aromatic heterocycles. The molecule has 6 heteroatoms. The van der Waals surface area contributed by atoms with Crippen molar-refractivity contribution in [3.63, 3.8) is 0 Å². The Kier molecular flexibility index (Phi) is 4.99. The zero-order valence-electron chi connectivity index (χ0n) is 14.3. The summed E-state index contributed by atoms with van der Waals surface area (Å²) in [4.78, 5) is 3.77. The molecule has 24 heavy (non-hydrogen) atoms. The predicted molar refractivity (Wildman–Crippen MR) is 92.5 cm³/mol. The van der Waals surface area contributed by atoms with Gasteiger partial charge in [0.05, 0.1) is 6.61 Å². The molecule has 1 aromatic carbocycles. The summed E-state index contributed by atoms with van der Waals surface area (Å²) < 4.78 is 5.66. The fourth-order valence-electron chi connectivity index (χ4n) is 3.28. The second-order valence-corrected chi connectivity index (χ2v) is 5.93. The van der Waals surface area contributed by atoms with Crippen LogP contribution in [0, 0.1) is 11.3 Å². The maximum Gasteiger partial charge on any atom is 0.207 e. The Balaban J connectivity index is 2.01. The van der Waals surface area contributed by atoms with Crippen LogP contribution in [-0.2, 0) is 0 Å². The van der Waals surface area contributed by atoms with Crippen LogP contribution in [0.2, 0.25) is 0 Å². The molecule has 0 unspecified atom stereocenters. The Morgan fingerprint density at radius 2 is 2.08 bits per heavy atom. The summed E-state index contributed by atoms with van der Waals surface area (Å²) in [5, 5.41) is 18.6. The zero-order valence-corrected chi connectivity index (χ0v) is 14.3. The highest BCUT2D eigenvalue weighted by Crippen LogP contribution is 2.29. The van der Waals surface area contributed by atoms with Crippen LogP contribution >= 0.6 is 0 Å². The van der Waals surface area contributed by atoms with Crippen molar-refractivity contribution < 1.29 is 4.74 Å². The highest BCUT2D eigenvalue weighted by Gasteiger charge is 2.27. The number of piperidine rings is 1. The van der Waals surface area contributed by atoms with Crippen molar-refractivity contribution in [2.75, 3.05) is 18.1 Å². The number of hydrogen-bond acceptors (Lipinski definition) is 5. The highest BCUT2D eigenvalue weighted by atomic mass is 16.5. The van der Waals surface area contributed by atoms with Crippen molar-refractivity contribution in [3.05, 3.63) is 30.0 Å². The van der Waals surface area contributed by atoms with Gasteiger partial charge in [-0.1, -0.05) is 19.1 Å². The summed E-state index contributed by atoms with van der Waals surface area (Å²) >= 11 is 0. The van der Waals surface area contributed by atoms with Crippen LogP contribution in [0.3, 0.4) is 0 Å². The standard InChI is InChI=1S/C18H23N5O/c1-3-14-9-7-8-12-22(14)18-15(13-19)20-23(21-18)16-10-5-6-11-17(16)24-4-2/h5-6,10-11,14H,3-4,7-9,12H2,1-2H3/t14-/m1/s1. The van der Waals surface area contributed by atoms with Crippen molar-refractivity contribution in [2.24, 2.45) is 0 Å². The lowest BCUT2D eigenvalue weighted by Gasteiger charge is -2.35. The molecule has 0 radical (unpaired) electrons. The molecule has 1 atom stereocenters. The van der Waals surface area contributed by atoms with E-state index in [-0.39, 0.29) is 0 Å². The predicted octanol–water partition coefficient (Wildman–Crippen LogP) is 3.31. The number of para-hydroxylation sites is 2. The summed E-state index contributed by atoms with van der Waals surface area (Å²) in [5.41, 5.74) is 1.13. The average molecular weight is 325 g/mol. The van der Waals surface area contributed by atoms with Gasteiger partial charge >= 0.3 is 0 Å². The first-order valence-electron chi connectivity index (χ1n) is 8.64. The van der Waals surface area contributed by atoms with Gasteiger partial charge in [0.2, 0.25) is 5.69 Å². The van der Waals surface area contributed by atoms with E-state index < -0.39 is 0 Å². The SMILES string of the molecule is CCOc1ccccc1-n1nc(C#N)c(N2CCCC[C@H]2CC)n1. The van der Waals surface area contributed by atoms with Gasteiger partial charge in [-0.05, 0) is 44.7 Å². The van der Waals surface area contributed by atoms with Gasteiger partial charge in [-0.3, -0.25) is 0 Å². The lowest BCUT2D eigenvalue weighted by Crippen LogP contribution is -2.39. The third-order valence-electron chi connectivity index (χ3n) is 4.45. The first kappa shape index (κ1) is 16.3. The zero-order chi connectivity index (χ0) is 16.9. The van der Waals surface area contributed by atoms with E-state index in [1.807, 2.05) is 31.2 Å². The number of anilines is 1. The molecule has 3 rings (SSSR count). The van der Waals surface area contributed by atoms with Crippen molar-refractivity contribution >= 4 is 5.82 Å². The van der Waals surface area contributed by atoms with Crippen molar-refractivity contribution in [2.45, 2.75) is 45.6 Å². The Morgan fingerprint density at radius 1 is 1.25 bits per heavy atom. The largest absolute Gasteiger partial charge is 0.492 e. The lowest BCUT2D eigenvalue weighted by atomic mass is 10.00. The van der Waals surface area contributed by atoms with Crippen molar-refractivity contribution in [1.29, 1.82) is 5.26 Å². The topological polar surface area (TPSA) is 67.0 Å². The van der Waals surface area contributed by atoms with Crippen LogP contribution in [0.5, 0.6) is 5.75 Å². The normalized spacial score (nSPS) is 17.5. The minimum absolute atomic E-state index is 0.377. The van der Waals surface area contributed by atoms with E-state index in [1.54, 1.807) is 0 Å². The number of aromatic nitrogens is 3. The Morgan fingerprint density at radius 3 is 2.83 bits per heavy atom. The quantitative estimate of drug-likeness (QED) is 0.843. The molecule has 0 bridgehead atoms. The molecular formula is C18H23N5O. The van der Waals surface area contributed by atoms with E-state index in [0.717, 1.165) is 37.2 Å². The first-order chi connectivity index (χ1) is 11.8. The molecule has 0 N–H and O–H groups in total. The van der Waals surface area contributed by atoms with Crippen LogP contribution in [-0.4, -0.2) is 34.2 Å². The van der Waals surface area contributed by atoms with E-state index in [4.69, 9.17) is 4.74 Å². The molecule has 1 saturated heterocycles. The monoisotopic (exact) mass is 325 g/mol. The van der Waals surface area contributed by atoms with Gasteiger partial charge in [0.25, 0.3) is 0 Å². The molecule has 0 saturated carbocycles. The van der Waals surface area contributed by atoms with Crippen LogP contribution in [0.1, 0.15) is 45.2 Å². The van der Waals surface area contributed by atoms with Crippen molar-refractivity contribution in [1.82, 2.24) is 15.0 Å². The van der Waals surface area contributed by atoms with Crippen LogP contribution in [0.15, 0.2) is 24.3 Å². The Hall–Kier alpha value is -2.55. The van der Waals surface area contributed by atoms with Crippen LogP contribution < -0.4 is 9.64 Å². The number of hydrogen-bond donors (Lipinski definition) is 0. The van der Waals surface area contributed by atoms with Gasteiger partial charge < -0.3 is 9.64 Å². The minimum atomic E-state index is 0.377. The molecule has 0 aliphatic carbocycles. The molecule has 0 spiro atoms. The van der Waals surface area contributed by atoms with E-state index in [9.17, 15) is 5.26 Å². The van der Waals surface area contributed by atoms with Gasteiger partial charge in [-0.2, -0.15) is 5.26 Å². The Bertz CT molecular complexity index is 733. The number of nitrogens with zero attached hydrogens (tertiary/aromatic N) is 5. The summed E-state index contributed by atoms with van der Waals surface area (Å²) in [6.07, 6.45) is 4.55. The third-order valence-corrected chi connectivity index (χ3v) is 4.45. The van der Waals surface area contributed by atoms with Gasteiger partial charge in [0, 0.05) is 12.6 Å². The van der Waals surface area contributed by atoms with Crippen molar-refractivity contribution in [3.8, 4) is 17.5 Å². The maximum atomic E-state index is 9.52. The fourth-order valence-corrected chi connectivity index (χ4v) is 3.28. The fraction of sp³-hybridized carbons (Fsp3) is 0.500. The average Bonchev–Trinajstić information content (AvgIpc) is 3.06. The van der Waals surface area contributed by atoms with Crippen LogP contribution in [0.4, 0.5) is 5.82 Å². The molecule has 1 aliphatic heterocycles. The molecular weight excluding hydrogens is 302 g/mol. The van der Waals surface area contributed by atoms with E-state index in [0.29, 0.717) is 24.2 Å². The molecule has 6 nitrogen and oxygen atoms in total. The molecule has 2 heterocycles. The summed E-state index contributed by atoms with van der Waals surface area (Å²) in [6, 6.07) is 10.3. The van der Waals surface area contributed by atoms with E-state index in [2.05, 4.69) is 28.1 Å². The second kappa shape index (κ2) is 7.35. The molecule has 2 aromatic rings. The second-order valence-electron chi connectivity index (χ2n) is 5.93. The smallest absolute Gasteiger partial charge is 0.207 e. The van der Waals surface area contributed by atoms with Gasteiger partial charge in [0.1, 0.15) is 17.5 Å². The molecule has 126 valence electrons.